The Morgan fingerprint density at radius 1 is 1.06 bits per heavy atom. The van der Waals surface area contributed by atoms with Crippen LogP contribution in [0.4, 0.5) is 5.00 Å². The average molecular weight is 448 g/mol. The fourth-order valence-electron chi connectivity index (χ4n) is 3.65. The van der Waals surface area contributed by atoms with Gasteiger partial charge < -0.3 is 14.8 Å². The van der Waals surface area contributed by atoms with Crippen LogP contribution >= 0.6 is 11.3 Å². The summed E-state index contributed by atoms with van der Waals surface area (Å²) in [5.74, 6) is 0.125. The third kappa shape index (κ3) is 5.26. The maximum Gasteiger partial charge on any atom is 0.341 e. The van der Waals surface area contributed by atoms with E-state index in [0.717, 1.165) is 41.7 Å². The molecule has 0 unspecified atom stereocenters. The molecule has 1 aromatic heterocycles. The summed E-state index contributed by atoms with van der Waals surface area (Å²) >= 11 is 1.48. The number of hydrogen-bond donors (Lipinski definition) is 1. The molecular formula is C26H25NO4S. The number of carbonyl (C=O) groups is 2. The molecule has 4 rings (SSSR count). The van der Waals surface area contributed by atoms with Gasteiger partial charge in [0, 0.05) is 11.0 Å². The van der Waals surface area contributed by atoms with Crippen LogP contribution in [0.2, 0.25) is 0 Å². The van der Waals surface area contributed by atoms with Gasteiger partial charge in [0.2, 0.25) is 5.91 Å². The highest BCUT2D eigenvalue weighted by Gasteiger charge is 2.28. The Balaban J connectivity index is 1.37. The summed E-state index contributed by atoms with van der Waals surface area (Å²) in [6, 6.07) is 17.5. The molecule has 1 amide bonds. The molecule has 0 fully saturated rings. The van der Waals surface area contributed by atoms with Gasteiger partial charge in [-0.1, -0.05) is 42.5 Å². The molecular weight excluding hydrogens is 422 g/mol. The van der Waals surface area contributed by atoms with Gasteiger partial charge in [0.1, 0.15) is 17.4 Å². The Morgan fingerprint density at radius 2 is 1.84 bits per heavy atom. The largest absolute Gasteiger partial charge is 0.489 e. The molecule has 5 nitrogen and oxygen atoms in total. The Hall–Kier alpha value is -3.38. The van der Waals surface area contributed by atoms with Crippen LogP contribution in [0.15, 0.2) is 60.7 Å². The summed E-state index contributed by atoms with van der Waals surface area (Å²) in [5.41, 5.74) is 3.53. The summed E-state index contributed by atoms with van der Waals surface area (Å²) in [7, 11) is 0. The van der Waals surface area contributed by atoms with Crippen LogP contribution < -0.4 is 10.1 Å². The van der Waals surface area contributed by atoms with Crippen LogP contribution in [0, 0.1) is 0 Å². The van der Waals surface area contributed by atoms with Gasteiger partial charge in [0.05, 0.1) is 12.2 Å². The summed E-state index contributed by atoms with van der Waals surface area (Å²) in [6.07, 6.45) is 6.04. The summed E-state index contributed by atoms with van der Waals surface area (Å²) in [4.78, 5) is 26.1. The predicted octanol–water partition coefficient (Wildman–Crippen LogP) is 5.64. The molecule has 0 bridgehead atoms. The number of anilines is 1. The second kappa shape index (κ2) is 10.3. The quantitative estimate of drug-likeness (QED) is 0.358. The minimum atomic E-state index is -0.364. The lowest BCUT2D eigenvalue weighted by molar-refractivity contribution is -0.111. The van der Waals surface area contributed by atoms with Crippen molar-refractivity contribution in [2.45, 2.75) is 32.8 Å². The number of fused-ring (bicyclic) bond motifs is 1. The molecule has 1 aliphatic rings. The smallest absolute Gasteiger partial charge is 0.341 e. The van der Waals surface area contributed by atoms with E-state index in [9.17, 15) is 9.59 Å². The number of nitrogens with one attached hydrogen (secondary N) is 1. The zero-order chi connectivity index (χ0) is 22.3. The summed E-state index contributed by atoms with van der Waals surface area (Å²) in [6.45, 7) is 2.59. The SMILES string of the molecule is CCOC(=O)c1c(NC(=O)C=Cc2ccc(OCc3ccccc3)cc2)sc2c1CCC2. The number of thiophene rings is 1. The van der Waals surface area contributed by atoms with E-state index in [1.165, 1.54) is 22.3 Å². The summed E-state index contributed by atoms with van der Waals surface area (Å²) in [5, 5.41) is 3.44. The lowest BCUT2D eigenvalue weighted by atomic mass is 10.1. The second-order valence-corrected chi connectivity index (χ2v) is 8.55. The number of rotatable bonds is 8. The second-order valence-electron chi connectivity index (χ2n) is 7.45. The number of amides is 1. The van der Waals surface area contributed by atoms with Gasteiger partial charge in [-0.3, -0.25) is 4.79 Å². The maximum absolute atomic E-state index is 12.5. The van der Waals surface area contributed by atoms with E-state index in [2.05, 4.69) is 5.32 Å². The number of esters is 1. The van der Waals surface area contributed by atoms with Gasteiger partial charge in [0.15, 0.2) is 0 Å². The number of benzene rings is 2. The van der Waals surface area contributed by atoms with E-state index in [4.69, 9.17) is 9.47 Å². The van der Waals surface area contributed by atoms with Gasteiger partial charge in [-0.15, -0.1) is 11.3 Å². The van der Waals surface area contributed by atoms with Gasteiger partial charge >= 0.3 is 5.97 Å². The van der Waals surface area contributed by atoms with E-state index >= 15 is 0 Å². The van der Waals surface area contributed by atoms with E-state index in [-0.39, 0.29) is 11.9 Å². The van der Waals surface area contributed by atoms with Crippen LogP contribution in [0.3, 0.4) is 0 Å². The topological polar surface area (TPSA) is 64.6 Å². The van der Waals surface area contributed by atoms with Crippen molar-refractivity contribution in [3.63, 3.8) is 0 Å². The van der Waals surface area contributed by atoms with Crippen molar-refractivity contribution >= 4 is 34.3 Å². The van der Waals surface area contributed by atoms with Crippen molar-refractivity contribution in [2.24, 2.45) is 0 Å². The molecule has 1 N–H and O–H groups in total. The number of aryl methyl sites for hydroxylation is 1. The molecule has 164 valence electrons. The van der Waals surface area contributed by atoms with Gasteiger partial charge in [-0.25, -0.2) is 4.79 Å². The fourth-order valence-corrected chi connectivity index (χ4v) is 4.93. The predicted molar refractivity (Wildman–Crippen MR) is 127 cm³/mol. The molecule has 1 heterocycles. The van der Waals surface area contributed by atoms with Crippen molar-refractivity contribution in [1.82, 2.24) is 0 Å². The first-order valence-corrected chi connectivity index (χ1v) is 11.5. The minimum Gasteiger partial charge on any atom is -0.489 e. The van der Waals surface area contributed by atoms with Crippen LogP contribution in [-0.4, -0.2) is 18.5 Å². The van der Waals surface area contributed by atoms with Gasteiger partial charge in [0.25, 0.3) is 0 Å². The molecule has 2 aromatic carbocycles. The third-order valence-corrected chi connectivity index (χ3v) is 6.40. The van der Waals surface area contributed by atoms with Crippen LogP contribution in [-0.2, 0) is 29.0 Å². The lowest BCUT2D eigenvalue weighted by Crippen LogP contribution is -2.13. The standard InChI is InChI=1S/C26H25NO4S/c1-2-30-26(29)24-21-9-6-10-22(21)32-25(24)27-23(28)16-13-18-11-14-20(15-12-18)31-17-19-7-4-3-5-8-19/h3-5,7-8,11-16H,2,6,9-10,17H2,1H3,(H,27,28). The molecule has 0 atom stereocenters. The zero-order valence-corrected chi connectivity index (χ0v) is 18.7. The molecule has 0 spiro atoms. The Bertz CT molecular complexity index is 1120. The molecule has 1 aliphatic carbocycles. The zero-order valence-electron chi connectivity index (χ0n) is 17.9. The number of hydrogen-bond acceptors (Lipinski definition) is 5. The van der Waals surface area contributed by atoms with E-state index in [0.29, 0.717) is 23.8 Å². The monoisotopic (exact) mass is 447 g/mol. The van der Waals surface area contributed by atoms with E-state index in [1.54, 1.807) is 13.0 Å². The highest BCUT2D eigenvalue weighted by Crippen LogP contribution is 2.39. The van der Waals surface area contributed by atoms with Crippen molar-refractivity contribution in [3.8, 4) is 5.75 Å². The van der Waals surface area contributed by atoms with Crippen molar-refractivity contribution in [1.29, 1.82) is 0 Å². The van der Waals surface area contributed by atoms with Crippen LogP contribution in [0.25, 0.3) is 6.08 Å². The molecule has 0 aliphatic heterocycles. The van der Waals surface area contributed by atoms with E-state index < -0.39 is 0 Å². The molecule has 6 heteroatoms. The van der Waals surface area contributed by atoms with Gasteiger partial charge in [-0.2, -0.15) is 0 Å². The minimum absolute atomic E-state index is 0.278. The molecule has 0 radical (unpaired) electrons. The highest BCUT2D eigenvalue weighted by molar-refractivity contribution is 7.17. The number of ether oxygens (including phenoxy) is 2. The van der Waals surface area contributed by atoms with E-state index in [1.807, 2.05) is 54.6 Å². The van der Waals surface area contributed by atoms with Gasteiger partial charge in [-0.05, 0) is 61.1 Å². The summed E-state index contributed by atoms with van der Waals surface area (Å²) < 4.78 is 11.0. The molecule has 3 aromatic rings. The molecule has 0 saturated heterocycles. The Labute approximate surface area is 191 Å². The fraction of sp³-hybridized carbons (Fsp3) is 0.231. The lowest BCUT2D eigenvalue weighted by Gasteiger charge is -2.07. The van der Waals surface area contributed by atoms with Crippen LogP contribution in [0.1, 0.15) is 45.3 Å². The normalized spacial score (nSPS) is 12.5. The average Bonchev–Trinajstić information content (AvgIpc) is 3.38. The highest BCUT2D eigenvalue weighted by atomic mass is 32.1. The Kier molecular flexibility index (Phi) is 7.02. The maximum atomic E-state index is 12.5. The van der Waals surface area contributed by atoms with Crippen molar-refractivity contribution in [2.75, 3.05) is 11.9 Å². The first-order valence-electron chi connectivity index (χ1n) is 10.7. The van der Waals surface area contributed by atoms with Crippen LogP contribution in [0.5, 0.6) is 5.75 Å². The van der Waals surface area contributed by atoms with Crippen molar-refractivity contribution < 1.29 is 19.1 Å². The third-order valence-electron chi connectivity index (χ3n) is 5.19. The Morgan fingerprint density at radius 3 is 2.59 bits per heavy atom. The molecule has 32 heavy (non-hydrogen) atoms. The number of carbonyl (C=O) groups excluding carboxylic acids is 2. The first kappa shape index (κ1) is 21.8. The first-order chi connectivity index (χ1) is 15.6. The molecule has 0 saturated carbocycles. The van der Waals surface area contributed by atoms with Crippen molar-refractivity contribution in [3.05, 3.63) is 87.8 Å².